The minimum absolute atomic E-state index is 0.878. The molecule has 0 saturated carbocycles. The monoisotopic (exact) mass is 235 g/mol. The quantitative estimate of drug-likeness (QED) is 0.768. The van der Waals surface area contributed by atoms with Gasteiger partial charge < -0.3 is 15.5 Å². The van der Waals surface area contributed by atoms with Crippen molar-refractivity contribution in [2.45, 2.75) is 20.3 Å². The van der Waals surface area contributed by atoms with Gasteiger partial charge in [-0.3, -0.25) is 0 Å². The number of aryl methyl sites for hydroxylation is 1. The van der Waals surface area contributed by atoms with E-state index in [1.165, 1.54) is 11.3 Å². The zero-order valence-corrected chi connectivity index (χ0v) is 11.5. The van der Waals surface area contributed by atoms with Gasteiger partial charge in [0.1, 0.15) is 0 Å². The molecule has 0 amide bonds. The van der Waals surface area contributed by atoms with Gasteiger partial charge in [-0.1, -0.05) is 13.0 Å². The fourth-order valence-corrected chi connectivity index (χ4v) is 1.87. The predicted molar refractivity (Wildman–Crippen MR) is 76.6 cm³/mol. The summed E-state index contributed by atoms with van der Waals surface area (Å²) in [7, 11) is 4.20. The van der Waals surface area contributed by atoms with Crippen LogP contribution in [0, 0.1) is 6.92 Å². The molecular weight excluding hydrogens is 210 g/mol. The van der Waals surface area contributed by atoms with Crippen LogP contribution in [0.25, 0.3) is 0 Å². The Kier molecular flexibility index (Phi) is 5.29. The number of likely N-dealkylation sites (N-methyl/N-ethyl adjacent to an activating group) is 1. The van der Waals surface area contributed by atoms with Crippen molar-refractivity contribution in [3.05, 3.63) is 23.8 Å². The summed E-state index contributed by atoms with van der Waals surface area (Å²) >= 11 is 0. The van der Waals surface area contributed by atoms with Gasteiger partial charge in [-0.25, -0.2) is 0 Å². The topological polar surface area (TPSA) is 32.5 Å². The molecule has 0 aliphatic rings. The molecule has 3 nitrogen and oxygen atoms in total. The van der Waals surface area contributed by atoms with Gasteiger partial charge in [0.2, 0.25) is 0 Å². The van der Waals surface area contributed by atoms with Crippen LogP contribution < -0.4 is 10.6 Å². The molecule has 0 bridgehead atoms. The molecule has 0 radical (unpaired) electrons. The first-order valence-corrected chi connectivity index (χ1v) is 6.30. The summed E-state index contributed by atoms with van der Waals surface area (Å²) in [5.74, 6) is 0. The fourth-order valence-electron chi connectivity index (χ4n) is 1.87. The maximum atomic E-state index is 6.07. The smallest absolute Gasteiger partial charge is 0.0603 e. The van der Waals surface area contributed by atoms with E-state index >= 15 is 0 Å². The van der Waals surface area contributed by atoms with Crippen LogP contribution in [-0.2, 0) is 0 Å². The molecule has 1 aromatic rings. The Balaban J connectivity index is 2.84. The summed E-state index contributed by atoms with van der Waals surface area (Å²) in [5, 5.41) is 0. The molecule has 0 aromatic heterocycles. The molecule has 17 heavy (non-hydrogen) atoms. The second-order valence-electron chi connectivity index (χ2n) is 4.85. The van der Waals surface area contributed by atoms with Gasteiger partial charge in [0, 0.05) is 19.6 Å². The highest BCUT2D eigenvalue weighted by Crippen LogP contribution is 2.24. The Morgan fingerprint density at radius 1 is 1.12 bits per heavy atom. The van der Waals surface area contributed by atoms with Gasteiger partial charge in [0.15, 0.2) is 0 Å². The summed E-state index contributed by atoms with van der Waals surface area (Å²) in [6.45, 7) is 7.44. The first-order chi connectivity index (χ1) is 8.04. The van der Waals surface area contributed by atoms with Crippen molar-refractivity contribution in [2.75, 3.05) is 44.4 Å². The van der Waals surface area contributed by atoms with Crippen LogP contribution in [-0.4, -0.2) is 38.6 Å². The highest BCUT2D eigenvalue weighted by atomic mass is 15.2. The minimum Gasteiger partial charge on any atom is -0.397 e. The number of nitrogen functional groups attached to an aromatic ring is 1. The number of anilines is 2. The van der Waals surface area contributed by atoms with Crippen LogP contribution in [0.4, 0.5) is 11.4 Å². The van der Waals surface area contributed by atoms with E-state index in [0.717, 1.165) is 31.7 Å². The summed E-state index contributed by atoms with van der Waals surface area (Å²) in [5.41, 5.74) is 9.39. The lowest BCUT2D eigenvalue weighted by molar-refractivity contribution is 0.413. The number of nitrogens with zero attached hydrogens (tertiary/aromatic N) is 2. The number of hydrogen-bond donors (Lipinski definition) is 1. The van der Waals surface area contributed by atoms with E-state index in [1.54, 1.807) is 0 Å². The van der Waals surface area contributed by atoms with Gasteiger partial charge in [-0.05, 0) is 45.1 Å². The molecule has 0 aliphatic carbocycles. The molecule has 0 atom stereocenters. The lowest BCUT2D eigenvalue weighted by atomic mass is 10.1. The van der Waals surface area contributed by atoms with Crippen LogP contribution >= 0.6 is 0 Å². The van der Waals surface area contributed by atoms with Gasteiger partial charge in [-0.15, -0.1) is 0 Å². The molecule has 1 rings (SSSR count). The van der Waals surface area contributed by atoms with Crippen molar-refractivity contribution in [3.63, 3.8) is 0 Å². The van der Waals surface area contributed by atoms with Crippen LogP contribution in [0.3, 0.4) is 0 Å². The molecule has 0 heterocycles. The number of hydrogen-bond acceptors (Lipinski definition) is 3. The summed E-state index contributed by atoms with van der Waals surface area (Å²) in [4.78, 5) is 4.58. The summed E-state index contributed by atoms with van der Waals surface area (Å²) in [6, 6.07) is 6.25. The Morgan fingerprint density at radius 2 is 1.82 bits per heavy atom. The van der Waals surface area contributed by atoms with E-state index in [2.05, 4.69) is 49.9 Å². The third-order valence-electron chi connectivity index (χ3n) is 2.84. The second kappa shape index (κ2) is 6.50. The predicted octanol–water partition coefficient (Wildman–Crippen LogP) is 2.36. The molecule has 1 aromatic carbocycles. The molecule has 0 saturated heterocycles. The third-order valence-corrected chi connectivity index (χ3v) is 2.84. The van der Waals surface area contributed by atoms with E-state index in [-0.39, 0.29) is 0 Å². The highest BCUT2D eigenvalue weighted by Gasteiger charge is 2.09. The van der Waals surface area contributed by atoms with Crippen molar-refractivity contribution in [3.8, 4) is 0 Å². The molecule has 0 fully saturated rings. The Morgan fingerprint density at radius 3 is 2.41 bits per heavy atom. The molecule has 3 heteroatoms. The zero-order valence-electron chi connectivity index (χ0n) is 11.5. The lowest BCUT2D eigenvalue weighted by Gasteiger charge is -2.27. The van der Waals surface area contributed by atoms with Crippen molar-refractivity contribution in [2.24, 2.45) is 0 Å². The minimum atomic E-state index is 0.878. The second-order valence-corrected chi connectivity index (χ2v) is 4.85. The fraction of sp³-hybridized carbons (Fsp3) is 0.571. The summed E-state index contributed by atoms with van der Waals surface area (Å²) < 4.78 is 0. The van der Waals surface area contributed by atoms with Crippen molar-refractivity contribution in [1.82, 2.24) is 4.90 Å². The highest BCUT2D eigenvalue weighted by molar-refractivity contribution is 5.68. The van der Waals surface area contributed by atoms with E-state index < -0.39 is 0 Å². The SMILES string of the molecule is CCCN(CCN(C)C)c1cc(C)ccc1N. The van der Waals surface area contributed by atoms with E-state index in [1.807, 2.05) is 6.07 Å². The van der Waals surface area contributed by atoms with Crippen LogP contribution in [0.15, 0.2) is 18.2 Å². The zero-order chi connectivity index (χ0) is 12.8. The first kappa shape index (κ1) is 13.8. The number of rotatable bonds is 6. The van der Waals surface area contributed by atoms with Crippen molar-refractivity contribution in [1.29, 1.82) is 0 Å². The van der Waals surface area contributed by atoms with Gasteiger partial charge in [0.05, 0.1) is 11.4 Å². The Bertz CT molecular complexity index is 347. The standard InChI is InChI=1S/C14H25N3/c1-5-8-17(10-9-16(3)4)14-11-12(2)6-7-13(14)15/h6-7,11H,5,8-10,15H2,1-4H3. The van der Waals surface area contributed by atoms with E-state index in [9.17, 15) is 0 Å². The van der Waals surface area contributed by atoms with Gasteiger partial charge in [0.25, 0.3) is 0 Å². The molecule has 0 unspecified atom stereocenters. The number of nitrogens with two attached hydrogens (primary N) is 1. The molecule has 2 N–H and O–H groups in total. The first-order valence-electron chi connectivity index (χ1n) is 6.30. The van der Waals surface area contributed by atoms with Crippen LogP contribution in [0.1, 0.15) is 18.9 Å². The molecular formula is C14H25N3. The normalized spacial score (nSPS) is 10.9. The lowest BCUT2D eigenvalue weighted by Crippen LogP contribution is -2.32. The van der Waals surface area contributed by atoms with Crippen molar-refractivity contribution >= 4 is 11.4 Å². The van der Waals surface area contributed by atoms with Crippen molar-refractivity contribution < 1.29 is 0 Å². The van der Waals surface area contributed by atoms with E-state index in [4.69, 9.17) is 5.73 Å². The number of benzene rings is 1. The third kappa shape index (κ3) is 4.27. The summed E-state index contributed by atoms with van der Waals surface area (Å²) in [6.07, 6.45) is 1.14. The largest absolute Gasteiger partial charge is 0.397 e. The maximum absolute atomic E-state index is 6.07. The Labute approximate surface area is 105 Å². The molecule has 0 aliphatic heterocycles. The van der Waals surface area contributed by atoms with Gasteiger partial charge >= 0.3 is 0 Å². The van der Waals surface area contributed by atoms with Crippen LogP contribution in [0.2, 0.25) is 0 Å². The average Bonchev–Trinajstić information content (AvgIpc) is 2.27. The molecule has 96 valence electrons. The average molecular weight is 235 g/mol. The maximum Gasteiger partial charge on any atom is 0.0603 e. The van der Waals surface area contributed by atoms with Gasteiger partial charge in [-0.2, -0.15) is 0 Å². The molecule has 0 spiro atoms. The van der Waals surface area contributed by atoms with Crippen LogP contribution in [0.5, 0.6) is 0 Å². The van der Waals surface area contributed by atoms with E-state index in [0.29, 0.717) is 0 Å². The Hall–Kier alpha value is -1.22.